The molecule has 25 heavy (non-hydrogen) atoms. The number of ether oxygens (including phenoxy) is 1. The first kappa shape index (κ1) is 18.8. The highest BCUT2D eigenvalue weighted by Gasteiger charge is 2.09. The molecule has 0 unspecified atom stereocenters. The highest BCUT2D eigenvalue weighted by atomic mass is 35.5. The minimum absolute atomic E-state index is 0.0776. The van der Waals surface area contributed by atoms with E-state index in [1.54, 1.807) is 36.4 Å². The van der Waals surface area contributed by atoms with E-state index in [0.29, 0.717) is 22.1 Å². The molecule has 2 aromatic rings. The number of hydrogen-bond acceptors (Lipinski definition) is 3. The van der Waals surface area contributed by atoms with Crippen LogP contribution in [-0.2, 0) is 9.59 Å². The van der Waals surface area contributed by atoms with Gasteiger partial charge in [-0.1, -0.05) is 37.6 Å². The SMILES string of the molecule is Cc1ccc(NC(=O)COc2cccc(NC(=O)C(C)C)c2)cc1Cl. The van der Waals surface area contributed by atoms with Crippen LogP contribution in [-0.4, -0.2) is 18.4 Å². The quantitative estimate of drug-likeness (QED) is 0.808. The van der Waals surface area contributed by atoms with Crippen molar-refractivity contribution in [2.45, 2.75) is 20.8 Å². The van der Waals surface area contributed by atoms with Gasteiger partial charge in [-0.25, -0.2) is 0 Å². The molecular formula is C19H21ClN2O3. The van der Waals surface area contributed by atoms with Crippen molar-refractivity contribution in [3.05, 3.63) is 53.1 Å². The maximum Gasteiger partial charge on any atom is 0.262 e. The Hall–Kier alpha value is -2.53. The van der Waals surface area contributed by atoms with E-state index >= 15 is 0 Å². The maximum atomic E-state index is 12.0. The molecule has 0 saturated carbocycles. The van der Waals surface area contributed by atoms with Gasteiger partial charge in [-0.2, -0.15) is 0 Å². The summed E-state index contributed by atoms with van der Waals surface area (Å²) < 4.78 is 5.48. The van der Waals surface area contributed by atoms with E-state index in [4.69, 9.17) is 16.3 Å². The molecule has 2 N–H and O–H groups in total. The fraction of sp³-hybridized carbons (Fsp3) is 0.263. The van der Waals surface area contributed by atoms with Gasteiger partial charge in [0.25, 0.3) is 5.91 Å². The van der Waals surface area contributed by atoms with Gasteiger partial charge in [0.2, 0.25) is 5.91 Å². The van der Waals surface area contributed by atoms with Gasteiger partial charge in [0.1, 0.15) is 5.75 Å². The van der Waals surface area contributed by atoms with Gasteiger partial charge in [0.15, 0.2) is 6.61 Å². The summed E-state index contributed by atoms with van der Waals surface area (Å²) in [5.41, 5.74) is 2.18. The molecule has 0 saturated heterocycles. The summed E-state index contributed by atoms with van der Waals surface area (Å²) >= 11 is 6.03. The van der Waals surface area contributed by atoms with Gasteiger partial charge in [0, 0.05) is 28.4 Å². The van der Waals surface area contributed by atoms with Crippen LogP contribution in [0.15, 0.2) is 42.5 Å². The second-order valence-corrected chi connectivity index (χ2v) is 6.38. The van der Waals surface area contributed by atoms with Gasteiger partial charge in [-0.05, 0) is 36.8 Å². The number of anilines is 2. The average Bonchev–Trinajstić information content (AvgIpc) is 2.56. The molecular weight excluding hydrogens is 340 g/mol. The van der Waals surface area contributed by atoms with Gasteiger partial charge in [-0.3, -0.25) is 9.59 Å². The predicted octanol–water partition coefficient (Wildman–Crippen LogP) is 4.26. The zero-order valence-electron chi connectivity index (χ0n) is 14.4. The molecule has 0 atom stereocenters. The summed E-state index contributed by atoms with van der Waals surface area (Å²) in [7, 11) is 0. The largest absolute Gasteiger partial charge is 0.484 e. The fourth-order valence-corrected chi connectivity index (χ4v) is 2.15. The van der Waals surface area contributed by atoms with E-state index < -0.39 is 0 Å². The van der Waals surface area contributed by atoms with Crippen LogP contribution in [0.4, 0.5) is 11.4 Å². The number of carbonyl (C=O) groups excluding carboxylic acids is 2. The Morgan fingerprint density at radius 2 is 1.80 bits per heavy atom. The van der Waals surface area contributed by atoms with Crippen molar-refractivity contribution in [1.82, 2.24) is 0 Å². The topological polar surface area (TPSA) is 67.4 Å². The van der Waals surface area contributed by atoms with Crippen LogP contribution in [0, 0.1) is 12.8 Å². The van der Waals surface area contributed by atoms with E-state index in [9.17, 15) is 9.59 Å². The number of amides is 2. The third kappa shape index (κ3) is 5.80. The normalized spacial score (nSPS) is 10.4. The molecule has 6 heteroatoms. The summed E-state index contributed by atoms with van der Waals surface area (Å²) in [4.78, 5) is 23.7. The Morgan fingerprint density at radius 3 is 2.48 bits per heavy atom. The second-order valence-electron chi connectivity index (χ2n) is 5.97. The van der Waals surface area contributed by atoms with Gasteiger partial charge in [-0.15, -0.1) is 0 Å². The van der Waals surface area contributed by atoms with Crippen molar-refractivity contribution >= 4 is 34.8 Å². The van der Waals surface area contributed by atoms with E-state index in [2.05, 4.69) is 10.6 Å². The highest BCUT2D eigenvalue weighted by Crippen LogP contribution is 2.20. The first-order valence-corrected chi connectivity index (χ1v) is 8.32. The van der Waals surface area contributed by atoms with Crippen molar-refractivity contribution < 1.29 is 14.3 Å². The maximum absolute atomic E-state index is 12.0. The van der Waals surface area contributed by atoms with Crippen LogP contribution in [0.3, 0.4) is 0 Å². The first-order valence-electron chi connectivity index (χ1n) is 7.95. The zero-order valence-corrected chi connectivity index (χ0v) is 15.2. The molecule has 0 aliphatic heterocycles. The standard InChI is InChI=1S/C19H21ClN2O3/c1-12(2)19(24)22-14-5-4-6-16(9-14)25-11-18(23)21-15-8-7-13(3)17(20)10-15/h4-10,12H,11H2,1-3H3,(H,21,23)(H,22,24). The minimum atomic E-state index is -0.295. The summed E-state index contributed by atoms with van der Waals surface area (Å²) in [6.45, 7) is 5.38. The summed E-state index contributed by atoms with van der Waals surface area (Å²) in [6, 6.07) is 12.2. The fourth-order valence-electron chi connectivity index (χ4n) is 1.97. The van der Waals surface area contributed by atoms with Gasteiger partial charge in [0.05, 0.1) is 0 Å². The second kappa shape index (κ2) is 8.53. The molecule has 2 amide bonds. The molecule has 132 valence electrons. The van der Waals surface area contributed by atoms with Crippen molar-refractivity contribution in [1.29, 1.82) is 0 Å². The van der Waals surface area contributed by atoms with E-state index in [1.165, 1.54) is 0 Å². The van der Waals surface area contributed by atoms with Crippen molar-refractivity contribution in [3.8, 4) is 5.75 Å². The average molecular weight is 361 g/mol. The molecule has 0 heterocycles. The minimum Gasteiger partial charge on any atom is -0.484 e. The molecule has 2 aromatic carbocycles. The Labute approximate surface area is 152 Å². The Kier molecular flexibility index (Phi) is 6.42. The number of benzene rings is 2. The monoisotopic (exact) mass is 360 g/mol. The third-order valence-corrected chi connectivity index (χ3v) is 3.86. The van der Waals surface area contributed by atoms with Gasteiger partial charge < -0.3 is 15.4 Å². The summed E-state index contributed by atoms with van der Waals surface area (Å²) in [5, 5.41) is 6.10. The molecule has 0 spiro atoms. The number of nitrogens with one attached hydrogen (secondary N) is 2. The molecule has 0 aliphatic carbocycles. The first-order chi connectivity index (χ1) is 11.8. The Bertz CT molecular complexity index is 775. The Balaban J connectivity index is 1.91. The summed E-state index contributed by atoms with van der Waals surface area (Å²) in [5.74, 6) is 0.0120. The van der Waals surface area contributed by atoms with Crippen LogP contribution < -0.4 is 15.4 Å². The van der Waals surface area contributed by atoms with E-state index in [1.807, 2.05) is 26.8 Å². The molecule has 2 rings (SSSR count). The van der Waals surface area contributed by atoms with Gasteiger partial charge >= 0.3 is 0 Å². The molecule has 0 aromatic heterocycles. The molecule has 0 bridgehead atoms. The van der Waals surface area contributed by atoms with E-state index in [0.717, 1.165) is 5.56 Å². The lowest BCUT2D eigenvalue weighted by molar-refractivity contribution is -0.119. The lowest BCUT2D eigenvalue weighted by Gasteiger charge is -2.11. The predicted molar refractivity (Wildman–Crippen MR) is 100 cm³/mol. The van der Waals surface area contributed by atoms with Crippen molar-refractivity contribution in [2.24, 2.45) is 5.92 Å². The van der Waals surface area contributed by atoms with Crippen LogP contribution in [0.25, 0.3) is 0 Å². The van der Waals surface area contributed by atoms with Crippen LogP contribution in [0.5, 0.6) is 5.75 Å². The number of carbonyl (C=O) groups is 2. The molecule has 5 nitrogen and oxygen atoms in total. The summed E-state index contributed by atoms with van der Waals surface area (Å²) in [6.07, 6.45) is 0. The van der Waals surface area contributed by atoms with Crippen LogP contribution >= 0.6 is 11.6 Å². The number of hydrogen-bond donors (Lipinski definition) is 2. The molecule has 0 aliphatic rings. The zero-order chi connectivity index (χ0) is 18.4. The third-order valence-electron chi connectivity index (χ3n) is 3.45. The molecule has 0 radical (unpaired) electrons. The highest BCUT2D eigenvalue weighted by molar-refractivity contribution is 6.31. The van der Waals surface area contributed by atoms with Crippen molar-refractivity contribution in [2.75, 3.05) is 17.2 Å². The van der Waals surface area contributed by atoms with E-state index in [-0.39, 0.29) is 24.3 Å². The number of rotatable bonds is 6. The van der Waals surface area contributed by atoms with Crippen LogP contribution in [0.1, 0.15) is 19.4 Å². The number of aryl methyl sites for hydroxylation is 1. The van der Waals surface area contributed by atoms with Crippen molar-refractivity contribution in [3.63, 3.8) is 0 Å². The van der Waals surface area contributed by atoms with Crippen LogP contribution in [0.2, 0.25) is 5.02 Å². The smallest absolute Gasteiger partial charge is 0.262 e. The number of halogens is 1. The lowest BCUT2D eigenvalue weighted by atomic mass is 10.2. The molecule has 0 fully saturated rings. The lowest BCUT2D eigenvalue weighted by Crippen LogP contribution is -2.20. The Morgan fingerprint density at radius 1 is 1.08 bits per heavy atom.